The van der Waals surface area contributed by atoms with Gasteiger partial charge >= 0.3 is 11.9 Å². The van der Waals surface area contributed by atoms with Crippen LogP contribution in [-0.2, 0) is 9.59 Å². The number of hydrogen-bond donors (Lipinski definition) is 2. The molecule has 4 nitrogen and oxygen atoms in total. The standard InChI is InChI=1S/C10H8ClFO4/c11-6-1-5(2-7(12)3-6)8(10(15)16)4-9(13)14/h1-3,8H,4H2,(H,13,14)(H,15,16). The Bertz CT molecular complexity index is 413. The molecule has 1 rings (SSSR count). The number of rotatable bonds is 4. The minimum atomic E-state index is -1.33. The molecule has 1 aromatic carbocycles. The van der Waals surface area contributed by atoms with Crippen molar-refractivity contribution in [1.29, 1.82) is 0 Å². The van der Waals surface area contributed by atoms with Crippen LogP contribution in [0.25, 0.3) is 0 Å². The Morgan fingerprint density at radius 2 is 1.94 bits per heavy atom. The first-order valence-corrected chi connectivity index (χ1v) is 4.68. The van der Waals surface area contributed by atoms with E-state index in [0.717, 1.165) is 12.1 Å². The van der Waals surface area contributed by atoms with Crippen LogP contribution in [0.5, 0.6) is 0 Å². The van der Waals surface area contributed by atoms with Gasteiger partial charge in [-0.25, -0.2) is 4.39 Å². The van der Waals surface area contributed by atoms with Gasteiger partial charge in [-0.2, -0.15) is 0 Å². The van der Waals surface area contributed by atoms with Crippen LogP contribution in [0.3, 0.4) is 0 Å². The SMILES string of the molecule is O=C(O)CC(C(=O)O)c1cc(F)cc(Cl)c1. The topological polar surface area (TPSA) is 74.6 Å². The number of carbonyl (C=O) groups is 2. The summed E-state index contributed by atoms with van der Waals surface area (Å²) >= 11 is 5.56. The summed E-state index contributed by atoms with van der Waals surface area (Å²) in [6.45, 7) is 0. The summed E-state index contributed by atoms with van der Waals surface area (Å²) < 4.78 is 13.0. The molecule has 2 N–H and O–H groups in total. The Balaban J connectivity index is 3.10. The van der Waals surface area contributed by atoms with E-state index in [4.69, 9.17) is 21.8 Å². The Kier molecular flexibility index (Phi) is 3.84. The second-order valence-corrected chi connectivity index (χ2v) is 3.63. The van der Waals surface area contributed by atoms with Gasteiger partial charge in [0.25, 0.3) is 0 Å². The van der Waals surface area contributed by atoms with Crippen molar-refractivity contribution in [2.75, 3.05) is 0 Å². The molecular weight excluding hydrogens is 239 g/mol. The monoisotopic (exact) mass is 246 g/mol. The minimum absolute atomic E-state index is 0.0339. The van der Waals surface area contributed by atoms with E-state index in [-0.39, 0.29) is 10.6 Å². The molecule has 6 heteroatoms. The number of halogens is 2. The zero-order chi connectivity index (χ0) is 12.3. The van der Waals surface area contributed by atoms with Gasteiger partial charge in [-0.1, -0.05) is 11.6 Å². The van der Waals surface area contributed by atoms with Gasteiger partial charge in [0.1, 0.15) is 5.82 Å². The number of carboxylic acid groups (broad SMARTS) is 2. The number of hydrogen-bond acceptors (Lipinski definition) is 2. The van der Waals surface area contributed by atoms with Crippen molar-refractivity contribution in [2.24, 2.45) is 0 Å². The molecule has 0 heterocycles. The van der Waals surface area contributed by atoms with Crippen LogP contribution < -0.4 is 0 Å². The van der Waals surface area contributed by atoms with Crippen LogP contribution in [0.4, 0.5) is 4.39 Å². The van der Waals surface area contributed by atoms with E-state index in [2.05, 4.69) is 0 Å². The van der Waals surface area contributed by atoms with Crippen LogP contribution in [0.15, 0.2) is 18.2 Å². The molecule has 0 amide bonds. The summed E-state index contributed by atoms with van der Waals surface area (Å²) in [6.07, 6.45) is -0.616. The van der Waals surface area contributed by atoms with Gasteiger partial charge < -0.3 is 10.2 Å². The molecule has 0 aliphatic rings. The molecule has 1 unspecified atom stereocenters. The number of aliphatic carboxylic acids is 2. The lowest BCUT2D eigenvalue weighted by Crippen LogP contribution is -2.16. The van der Waals surface area contributed by atoms with Gasteiger partial charge in [-0.3, -0.25) is 9.59 Å². The fourth-order valence-electron chi connectivity index (χ4n) is 1.30. The van der Waals surface area contributed by atoms with Crippen molar-refractivity contribution in [3.63, 3.8) is 0 Å². The van der Waals surface area contributed by atoms with E-state index in [1.165, 1.54) is 6.07 Å². The summed E-state index contributed by atoms with van der Waals surface area (Å²) in [4.78, 5) is 21.3. The van der Waals surface area contributed by atoms with E-state index in [1.54, 1.807) is 0 Å². The maximum absolute atomic E-state index is 13.0. The van der Waals surface area contributed by atoms with Crippen molar-refractivity contribution in [2.45, 2.75) is 12.3 Å². The Hall–Kier alpha value is -1.62. The zero-order valence-electron chi connectivity index (χ0n) is 7.98. The molecule has 1 atom stereocenters. The molecule has 0 radical (unpaired) electrons. The quantitative estimate of drug-likeness (QED) is 0.853. The number of benzene rings is 1. The molecule has 0 bridgehead atoms. The average Bonchev–Trinajstić information content (AvgIpc) is 2.11. The van der Waals surface area contributed by atoms with Gasteiger partial charge in [0.15, 0.2) is 0 Å². The Morgan fingerprint density at radius 1 is 1.31 bits per heavy atom. The highest BCUT2D eigenvalue weighted by Crippen LogP contribution is 2.24. The molecule has 86 valence electrons. The summed E-state index contributed by atoms with van der Waals surface area (Å²) in [6, 6.07) is 3.23. The molecular formula is C10H8ClFO4. The molecule has 0 aliphatic heterocycles. The van der Waals surface area contributed by atoms with Crippen molar-refractivity contribution in [3.8, 4) is 0 Å². The third kappa shape index (κ3) is 3.20. The molecule has 0 fully saturated rings. The predicted molar refractivity (Wildman–Crippen MR) is 54.0 cm³/mol. The normalized spacial score (nSPS) is 12.1. The third-order valence-electron chi connectivity index (χ3n) is 1.96. The molecule has 0 aromatic heterocycles. The third-order valence-corrected chi connectivity index (χ3v) is 2.18. The van der Waals surface area contributed by atoms with Crippen LogP contribution in [0, 0.1) is 5.82 Å². The summed E-state index contributed by atoms with van der Waals surface area (Å²) in [5, 5.41) is 17.4. The molecule has 0 saturated carbocycles. The average molecular weight is 247 g/mol. The van der Waals surface area contributed by atoms with Gasteiger partial charge in [0.2, 0.25) is 0 Å². The summed E-state index contributed by atoms with van der Waals surface area (Å²) in [5.41, 5.74) is 0.0416. The van der Waals surface area contributed by atoms with Crippen molar-refractivity contribution >= 4 is 23.5 Å². The molecule has 0 saturated heterocycles. The maximum Gasteiger partial charge on any atom is 0.311 e. The van der Waals surface area contributed by atoms with Gasteiger partial charge in [0, 0.05) is 5.02 Å². The van der Waals surface area contributed by atoms with Crippen LogP contribution in [0.2, 0.25) is 5.02 Å². The largest absolute Gasteiger partial charge is 0.481 e. The second kappa shape index (κ2) is 4.94. The Labute approximate surface area is 95.3 Å². The minimum Gasteiger partial charge on any atom is -0.481 e. The van der Waals surface area contributed by atoms with Gasteiger partial charge in [-0.15, -0.1) is 0 Å². The summed E-state index contributed by atoms with van der Waals surface area (Å²) in [5.74, 6) is -4.60. The molecule has 1 aromatic rings. The number of carboxylic acids is 2. The van der Waals surface area contributed by atoms with E-state index in [9.17, 15) is 14.0 Å². The van der Waals surface area contributed by atoms with Crippen LogP contribution in [0.1, 0.15) is 17.9 Å². The zero-order valence-corrected chi connectivity index (χ0v) is 8.74. The predicted octanol–water partition coefficient (Wildman–Crippen LogP) is 2.12. The van der Waals surface area contributed by atoms with E-state index in [1.807, 2.05) is 0 Å². The highest BCUT2D eigenvalue weighted by molar-refractivity contribution is 6.30. The molecule has 0 spiro atoms. The highest BCUT2D eigenvalue weighted by atomic mass is 35.5. The van der Waals surface area contributed by atoms with Gasteiger partial charge in [0.05, 0.1) is 12.3 Å². The Morgan fingerprint density at radius 3 is 2.38 bits per heavy atom. The lowest BCUT2D eigenvalue weighted by molar-refractivity contribution is -0.145. The lowest BCUT2D eigenvalue weighted by Gasteiger charge is -2.10. The van der Waals surface area contributed by atoms with Crippen LogP contribution in [-0.4, -0.2) is 22.2 Å². The molecule has 16 heavy (non-hydrogen) atoms. The van der Waals surface area contributed by atoms with E-state index < -0.39 is 30.1 Å². The van der Waals surface area contributed by atoms with Crippen LogP contribution >= 0.6 is 11.6 Å². The fraction of sp³-hybridized carbons (Fsp3) is 0.200. The van der Waals surface area contributed by atoms with Crippen molar-refractivity contribution < 1.29 is 24.2 Å². The highest BCUT2D eigenvalue weighted by Gasteiger charge is 2.23. The van der Waals surface area contributed by atoms with E-state index >= 15 is 0 Å². The van der Waals surface area contributed by atoms with Gasteiger partial charge in [-0.05, 0) is 23.8 Å². The van der Waals surface area contributed by atoms with Crippen molar-refractivity contribution in [1.82, 2.24) is 0 Å². The lowest BCUT2D eigenvalue weighted by atomic mass is 9.96. The maximum atomic E-state index is 13.0. The smallest absolute Gasteiger partial charge is 0.311 e. The first-order valence-electron chi connectivity index (χ1n) is 4.30. The first-order chi connectivity index (χ1) is 7.40. The van der Waals surface area contributed by atoms with Crippen molar-refractivity contribution in [3.05, 3.63) is 34.6 Å². The first kappa shape index (κ1) is 12.4. The summed E-state index contributed by atoms with van der Waals surface area (Å²) in [7, 11) is 0. The fourth-order valence-corrected chi connectivity index (χ4v) is 1.53. The molecule has 0 aliphatic carbocycles. The second-order valence-electron chi connectivity index (χ2n) is 3.19. The van der Waals surface area contributed by atoms with E-state index in [0.29, 0.717) is 0 Å².